The molecule has 0 aliphatic heterocycles. The molecule has 0 unspecified atom stereocenters. The summed E-state index contributed by atoms with van der Waals surface area (Å²) in [6.07, 6.45) is 0.741. The zero-order valence-corrected chi connectivity index (χ0v) is 58.0. The summed E-state index contributed by atoms with van der Waals surface area (Å²) in [6, 6.07) is 21.2. The molecule has 6 aromatic rings. The number of aryl methyl sites for hydroxylation is 3. The Bertz CT molecular complexity index is 3200. The standard InChI is InChI=1S/C23H32N2O6.C18H23NO5.C15H17NO4.C8H16BrNO2.C3H5ClO2/c1-15-9-19(30-8-6-7-24-22(28)31-23(2,3)4)12-20(29-5)21(15)16-10-17(13-26)25-18(11-16)14-27;1-12-6-16(24-5-4-22-2)9-17(23-3)18(12)13-7-14(10-20)19-15(8-13)11-21;1-9-3-13(19)6-14(20-2)15(9)10-4-11(7-17)16-12(5-10)8-18;1-8(2,3)12-7(11)10-6-4-5-9;1-6-3(5)2-4/h9-12,26-27H,6-8,13-14H2,1-5H3,(H,24,28);6-9,20-21H,4-5,10-11H2,1-3H3;3-6,17-19H,7-8H2,1-2H3;4-6H2,1-3H3,(H,10,11);2H2,1H3. The van der Waals surface area contributed by atoms with Crippen LogP contribution >= 0.6 is 27.5 Å². The van der Waals surface area contributed by atoms with Gasteiger partial charge in [-0.05, 0) is 163 Å². The third-order valence-corrected chi connectivity index (χ3v) is 13.0. The van der Waals surface area contributed by atoms with Crippen molar-refractivity contribution in [3.63, 3.8) is 0 Å². The molecule has 9 N–H and O–H groups in total. The number of aliphatic hydroxyl groups excluding tert-OH is 6. The van der Waals surface area contributed by atoms with Crippen molar-refractivity contribution in [1.29, 1.82) is 0 Å². The van der Waals surface area contributed by atoms with Gasteiger partial charge in [0.2, 0.25) is 0 Å². The van der Waals surface area contributed by atoms with E-state index in [0.29, 0.717) is 102 Å². The number of nitrogens with one attached hydrogen (secondary N) is 2. The molecule has 26 heteroatoms. The van der Waals surface area contributed by atoms with Crippen molar-refractivity contribution in [3.8, 4) is 67.9 Å². The number of ether oxygens (including phenoxy) is 9. The third-order valence-electron chi connectivity index (χ3n) is 12.3. The number of methoxy groups -OCH3 is 5. The first-order valence-corrected chi connectivity index (χ1v) is 31.1. The quantitative estimate of drug-likeness (QED) is 0.0111. The minimum Gasteiger partial charge on any atom is -0.508 e. The largest absolute Gasteiger partial charge is 0.508 e. The van der Waals surface area contributed by atoms with E-state index in [1.165, 1.54) is 20.3 Å². The number of aromatic nitrogens is 3. The number of aromatic hydroxyl groups is 1. The van der Waals surface area contributed by atoms with Crippen molar-refractivity contribution in [2.24, 2.45) is 0 Å². The minimum absolute atomic E-state index is 0.0590. The van der Waals surface area contributed by atoms with Crippen LogP contribution in [-0.4, -0.2) is 160 Å². The van der Waals surface area contributed by atoms with Gasteiger partial charge >= 0.3 is 18.2 Å². The fourth-order valence-corrected chi connectivity index (χ4v) is 8.83. The highest BCUT2D eigenvalue weighted by Crippen LogP contribution is 2.40. The van der Waals surface area contributed by atoms with Gasteiger partial charge in [0.05, 0.1) is 115 Å². The number of amides is 2. The number of alkyl carbamates (subject to hydrolysis) is 2. The van der Waals surface area contributed by atoms with Crippen LogP contribution in [0.1, 0.15) is 105 Å². The van der Waals surface area contributed by atoms with Crippen LogP contribution in [0.3, 0.4) is 0 Å². The van der Waals surface area contributed by atoms with Gasteiger partial charge in [-0.15, -0.1) is 11.6 Å². The van der Waals surface area contributed by atoms with Crippen molar-refractivity contribution < 1.29 is 92.8 Å². The number of benzene rings is 3. The Balaban J connectivity index is 0.000000426. The van der Waals surface area contributed by atoms with Gasteiger partial charge in [0, 0.05) is 60.4 Å². The van der Waals surface area contributed by atoms with Gasteiger partial charge in [0.15, 0.2) is 0 Å². The lowest BCUT2D eigenvalue weighted by atomic mass is 9.98. The van der Waals surface area contributed by atoms with E-state index in [-0.39, 0.29) is 57.4 Å². The number of phenolic OH excluding ortho intramolecular Hbond substituents is 1. The van der Waals surface area contributed by atoms with Crippen molar-refractivity contribution in [3.05, 3.63) is 124 Å². The van der Waals surface area contributed by atoms with Crippen molar-refractivity contribution in [2.75, 3.05) is 79.7 Å². The maximum atomic E-state index is 11.7. The second-order valence-electron chi connectivity index (χ2n) is 22.1. The zero-order valence-electron chi connectivity index (χ0n) is 55.7. The number of nitrogens with zero attached hydrogens (tertiary/aromatic N) is 3. The topological polar surface area (TPSA) is 339 Å². The lowest BCUT2D eigenvalue weighted by Gasteiger charge is -2.19. The van der Waals surface area contributed by atoms with Crippen LogP contribution in [0.2, 0.25) is 0 Å². The molecule has 3 aromatic heterocycles. The van der Waals surface area contributed by atoms with Crippen molar-refractivity contribution in [2.45, 2.75) is 126 Å². The first kappa shape index (κ1) is 81.5. The molecule has 0 radical (unpaired) electrons. The molecule has 0 fully saturated rings. The first-order valence-electron chi connectivity index (χ1n) is 29.4. The summed E-state index contributed by atoms with van der Waals surface area (Å²) < 4.78 is 47.2. The molecule has 0 saturated heterocycles. The highest BCUT2D eigenvalue weighted by molar-refractivity contribution is 9.09. The molecule has 514 valence electrons. The number of rotatable bonds is 25. The summed E-state index contributed by atoms with van der Waals surface area (Å²) in [5.74, 6) is 2.82. The van der Waals surface area contributed by atoms with E-state index in [0.717, 1.165) is 61.8 Å². The molecule has 3 aromatic carbocycles. The van der Waals surface area contributed by atoms with Gasteiger partial charge < -0.3 is 89.0 Å². The van der Waals surface area contributed by atoms with Crippen LogP contribution in [0.15, 0.2) is 72.8 Å². The minimum atomic E-state index is -0.527. The Kier molecular flexibility index (Phi) is 37.3. The van der Waals surface area contributed by atoms with Crippen LogP contribution in [-0.2, 0) is 63.4 Å². The van der Waals surface area contributed by atoms with Crippen LogP contribution in [0.25, 0.3) is 33.4 Å². The Morgan fingerprint density at radius 2 is 0.817 bits per heavy atom. The van der Waals surface area contributed by atoms with Crippen molar-refractivity contribution >= 4 is 45.7 Å². The molecule has 3 heterocycles. The number of aliphatic hydroxyl groups is 6. The maximum Gasteiger partial charge on any atom is 0.407 e. The molecule has 0 atom stereocenters. The number of alkyl halides is 2. The van der Waals surface area contributed by atoms with Crippen molar-refractivity contribution in [1.82, 2.24) is 25.6 Å². The van der Waals surface area contributed by atoms with Crippen LogP contribution < -0.4 is 34.3 Å². The fraction of sp³-hybridized carbons (Fsp3) is 0.463. The van der Waals surface area contributed by atoms with Crippen LogP contribution in [0, 0.1) is 20.8 Å². The highest BCUT2D eigenvalue weighted by Gasteiger charge is 2.20. The average molecular weight is 1390 g/mol. The SMILES string of the molecule is CC(C)(C)OC(=O)NCCCBr.COC(=O)CCl.COCCOc1cc(C)c(-c2cc(CO)nc(CO)c2)c(OC)c1.COc1cc(O)cc(C)c1-c1cc(CO)nc(CO)c1.COc1cc(OCCCNC(=O)OC(C)(C)C)cc(C)c1-c1cc(CO)nc(CO)c1. The third kappa shape index (κ3) is 29.9. The second kappa shape index (κ2) is 42.6. The monoisotopic (exact) mass is 1390 g/mol. The Morgan fingerprint density at radius 3 is 1.11 bits per heavy atom. The predicted octanol–water partition coefficient (Wildman–Crippen LogP) is 9.87. The first-order chi connectivity index (χ1) is 44.1. The Labute approximate surface area is 558 Å². The molecule has 0 bridgehead atoms. The van der Waals surface area contributed by atoms with Gasteiger partial charge in [-0.25, -0.2) is 9.59 Å². The summed E-state index contributed by atoms with van der Waals surface area (Å²) in [5, 5.41) is 72.1. The number of halogens is 2. The van der Waals surface area contributed by atoms with Gasteiger partial charge in [-0.1, -0.05) is 15.9 Å². The predicted molar refractivity (Wildman–Crippen MR) is 357 cm³/mol. The van der Waals surface area contributed by atoms with Gasteiger partial charge in [0.25, 0.3) is 0 Å². The Hall–Kier alpha value is -7.59. The summed E-state index contributed by atoms with van der Waals surface area (Å²) in [7, 11) is 7.62. The van der Waals surface area contributed by atoms with E-state index in [2.05, 4.69) is 46.3 Å². The van der Waals surface area contributed by atoms with E-state index in [1.54, 1.807) is 69.9 Å². The summed E-state index contributed by atoms with van der Waals surface area (Å²) in [5.41, 5.74) is 9.60. The van der Waals surface area contributed by atoms with Gasteiger partial charge in [-0.2, -0.15) is 0 Å². The summed E-state index contributed by atoms with van der Waals surface area (Å²) in [4.78, 5) is 44.9. The molecule has 93 heavy (non-hydrogen) atoms. The van der Waals surface area contributed by atoms with Gasteiger partial charge in [0.1, 0.15) is 58.2 Å². The number of pyridine rings is 3. The van der Waals surface area contributed by atoms with E-state index < -0.39 is 23.3 Å². The van der Waals surface area contributed by atoms with E-state index in [1.807, 2.05) is 80.5 Å². The molecule has 0 aliphatic carbocycles. The fourth-order valence-electron chi connectivity index (χ4n) is 8.45. The Morgan fingerprint density at radius 1 is 0.484 bits per heavy atom. The number of carbonyl (C=O) groups is 3. The molecular formula is C67H93BrClN5O19. The zero-order chi connectivity index (χ0) is 69.8. The molecular weight excluding hydrogens is 1290 g/mol. The summed E-state index contributed by atoms with van der Waals surface area (Å²) >= 11 is 8.25. The lowest BCUT2D eigenvalue weighted by molar-refractivity contribution is -0.137. The summed E-state index contributed by atoms with van der Waals surface area (Å²) in [6.45, 7) is 18.0. The normalized spacial score (nSPS) is 10.7. The van der Waals surface area contributed by atoms with E-state index in [4.69, 9.17) is 49.5 Å². The molecule has 24 nitrogen and oxygen atoms in total. The van der Waals surface area contributed by atoms with Crippen LogP contribution in [0.4, 0.5) is 9.59 Å². The molecule has 0 aliphatic rings. The number of hydrogen-bond acceptors (Lipinski definition) is 22. The smallest absolute Gasteiger partial charge is 0.407 e. The number of hydrogen-bond donors (Lipinski definition) is 9. The molecule has 6 rings (SSSR count). The average Bonchev–Trinajstić information content (AvgIpc) is 0.838. The van der Waals surface area contributed by atoms with E-state index >= 15 is 0 Å². The van der Waals surface area contributed by atoms with Gasteiger partial charge in [-0.3, -0.25) is 19.7 Å². The number of esters is 1. The number of carbonyl (C=O) groups excluding carboxylic acids is 3. The maximum absolute atomic E-state index is 11.7. The van der Waals surface area contributed by atoms with E-state index in [9.17, 15) is 50.1 Å². The highest BCUT2D eigenvalue weighted by atomic mass is 79.9. The number of phenols is 1. The molecule has 0 saturated carbocycles. The van der Waals surface area contributed by atoms with Crippen LogP contribution in [0.5, 0.6) is 34.5 Å². The lowest BCUT2D eigenvalue weighted by Crippen LogP contribution is -2.33. The second-order valence-corrected chi connectivity index (χ2v) is 23.2. The molecule has 0 spiro atoms. The molecule has 2 amide bonds.